The van der Waals surface area contributed by atoms with Crippen LogP contribution in [-0.4, -0.2) is 18.6 Å². The maximum Gasteiger partial charge on any atom is 0.224 e. The molecule has 1 aromatic carbocycles. The summed E-state index contributed by atoms with van der Waals surface area (Å²) in [5.74, 6) is 0.767. The van der Waals surface area contributed by atoms with Gasteiger partial charge in [-0.1, -0.05) is 12.1 Å². The lowest BCUT2D eigenvalue weighted by Crippen LogP contribution is -2.16. The first-order valence-electron chi connectivity index (χ1n) is 7.05. The van der Waals surface area contributed by atoms with Crippen molar-refractivity contribution in [3.63, 3.8) is 0 Å². The molecule has 20 heavy (non-hydrogen) atoms. The zero-order chi connectivity index (χ0) is 13.5. The van der Waals surface area contributed by atoms with Crippen LogP contribution in [0, 0.1) is 0 Å². The normalized spacial score (nSPS) is 14.7. The van der Waals surface area contributed by atoms with Gasteiger partial charge in [0, 0.05) is 6.42 Å². The highest BCUT2D eigenvalue weighted by molar-refractivity contribution is 5.92. The van der Waals surface area contributed by atoms with E-state index in [1.807, 2.05) is 24.3 Å². The Kier molecular flexibility index (Phi) is 7.41. The van der Waals surface area contributed by atoms with Gasteiger partial charge < -0.3 is 15.8 Å². The fraction of sp³-hybridized carbons (Fsp3) is 0.533. The molecule has 1 amide bonds. The SMILES string of the molecule is Cl.NCCCC(=O)Nc1ccccc1OC1CCCC1. The van der Waals surface area contributed by atoms with Gasteiger partial charge in [0.25, 0.3) is 0 Å². The van der Waals surface area contributed by atoms with Crippen LogP contribution in [0.15, 0.2) is 24.3 Å². The molecule has 1 aliphatic rings. The minimum Gasteiger partial charge on any atom is -0.488 e. The average molecular weight is 299 g/mol. The van der Waals surface area contributed by atoms with Crippen LogP contribution in [0.2, 0.25) is 0 Å². The summed E-state index contributed by atoms with van der Waals surface area (Å²) >= 11 is 0. The van der Waals surface area contributed by atoms with Gasteiger partial charge in [0.2, 0.25) is 5.91 Å². The summed E-state index contributed by atoms with van der Waals surface area (Å²) in [6.45, 7) is 0.535. The Morgan fingerprint density at radius 1 is 1.30 bits per heavy atom. The molecule has 1 aromatic rings. The second kappa shape index (κ2) is 8.82. The van der Waals surface area contributed by atoms with E-state index in [1.165, 1.54) is 12.8 Å². The lowest BCUT2D eigenvalue weighted by Gasteiger charge is -2.16. The molecule has 0 atom stereocenters. The molecular formula is C15H23ClN2O2. The third-order valence-electron chi connectivity index (χ3n) is 3.36. The van der Waals surface area contributed by atoms with Crippen molar-refractivity contribution in [2.45, 2.75) is 44.6 Å². The van der Waals surface area contributed by atoms with E-state index in [4.69, 9.17) is 10.5 Å². The van der Waals surface area contributed by atoms with Gasteiger partial charge in [-0.05, 0) is 50.8 Å². The number of nitrogens with two attached hydrogens (primary N) is 1. The number of rotatable bonds is 6. The number of benzene rings is 1. The summed E-state index contributed by atoms with van der Waals surface area (Å²) in [5.41, 5.74) is 6.16. The van der Waals surface area contributed by atoms with Crippen LogP contribution in [0.5, 0.6) is 5.75 Å². The van der Waals surface area contributed by atoms with Crippen molar-refractivity contribution in [3.05, 3.63) is 24.3 Å². The number of hydrogen-bond acceptors (Lipinski definition) is 3. The summed E-state index contributed by atoms with van der Waals surface area (Å²) in [6, 6.07) is 7.63. The Hall–Kier alpha value is -1.26. The molecule has 0 unspecified atom stereocenters. The van der Waals surface area contributed by atoms with Gasteiger partial charge in [-0.25, -0.2) is 0 Å². The lowest BCUT2D eigenvalue weighted by atomic mass is 10.2. The first-order chi connectivity index (χ1) is 9.29. The van der Waals surface area contributed by atoms with Gasteiger partial charge in [-0.15, -0.1) is 12.4 Å². The van der Waals surface area contributed by atoms with Crippen molar-refractivity contribution in [1.82, 2.24) is 0 Å². The number of carbonyl (C=O) groups excluding carboxylic acids is 1. The van der Waals surface area contributed by atoms with Gasteiger partial charge >= 0.3 is 0 Å². The number of amides is 1. The number of nitrogens with one attached hydrogen (secondary N) is 1. The molecule has 0 heterocycles. The largest absolute Gasteiger partial charge is 0.488 e. The van der Waals surface area contributed by atoms with Crippen molar-refractivity contribution in [1.29, 1.82) is 0 Å². The molecule has 0 saturated heterocycles. The summed E-state index contributed by atoms with van der Waals surface area (Å²) in [6.07, 6.45) is 6.13. The predicted octanol–water partition coefficient (Wildman–Crippen LogP) is 3.11. The number of ether oxygens (including phenoxy) is 1. The summed E-state index contributed by atoms with van der Waals surface area (Å²) in [5, 5.41) is 2.90. The van der Waals surface area contributed by atoms with E-state index in [-0.39, 0.29) is 18.3 Å². The maximum absolute atomic E-state index is 11.7. The Morgan fingerprint density at radius 2 is 2.00 bits per heavy atom. The van der Waals surface area contributed by atoms with Crippen molar-refractivity contribution in [2.75, 3.05) is 11.9 Å². The van der Waals surface area contributed by atoms with Crippen molar-refractivity contribution < 1.29 is 9.53 Å². The molecule has 3 N–H and O–H groups in total. The third-order valence-corrected chi connectivity index (χ3v) is 3.36. The standard InChI is InChI=1S/C15H22N2O2.ClH/c16-11-5-10-15(18)17-13-8-3-4-9-14(13)19-12-6-1-2-7-12;/h3-4,8-9,12H,1-2,5-7,10-11,16H2,(H,17,18);1H. The number of anilines is 1. The van der Waals surface area contributed by atoms with Crippen LogP contribution in [0.4, 0.5) is 5.69 Å². The molecule has 0 radical (unpaired) electrons. The lowest BCUT2D eigenvalue weighted by molar-refractivity contribution is -0.116. The quantitative estimate of drug-likeness (QED) is 0.848. The van der Waals surface area contributed by atoms with Crippen LogP contribution in [-0.2, 0) is 4.79 Å². The second-order valence-electron chi connectivity index (χ2n) is 4.96. The number of hydrogen-bond donors (Lipinski definition) is 2. The smallest absolute Gasteiger partial charge is 0.224 e. The second-order valence-corrected chi connectivity index (χ2v) is 4.96. The molecule has 4 nitrogen and oxygen atoms in total. The van der Waals surface area contributed by atoms with Gasteiger partial charge in [-0.2, -0.15) is 0 Å². The van der Waals surface area contributed by atoms with E-state index in [9.17, 15) is 4.79 Å². The Labute approximate surface area is 126 Å². The van der Waals surface area contributed by atoms with E-state index in [0.29, 0.717) is 25.5 Å². The molecule has 2 rings (SSSR count). The monoisotopic (exact) mass is 298 g/mol. The fourth-order valence-electron chi connectivity index (χ4n) is 2.33. The topological polar surface area (TPSA) is 64.4 Å². The van der Waals surface area contributed by atoms with Crippen molar-refractivity contribution >= 4 is 24.0 Å². The minimum absolute atomic E-state index is 0. The zero-order valence-electron chi connectivity index (χ0n) is 11.6. The summed E-state index contributed by atoms with van der Waals surface area (Å²) in [7, 11) is 0. The maximum atomic E-state index is 11.7. The summed E-state index contributed by atoms with van der Waals surface area (Å²) in [4.78, 5) is 11.7. The average Bonchev–Trinajstić information content (AvgIpc) is 2.91. The molecule has 0 spiro atoms. The molecule has 112 valence electrons. The summed E-state index contributed by atoms with van der Waals surface area (Å²) < 4.78 is 5.97. The van der Waals surface area contributed by atoms with Crippen molar-refractivity contribution in [2.24, 2.45) is 5.73 Å². The van der Waals surface area contributed by atoms with E-state index in [2.05, 4.69) is 5.32 Å². The molecule has 1 saturated carbocycles. The van der Waals surface area contributed by atoms with E-state index < -0.39 is 0 Å². The van der Waals surface area contributed by atoms with Gasteiger partial charge in [0.05, 0.1) is 11.8 Å². The highest BCUT2D eigenvalue weighted by Gasteiger charge is 2.18. The first kappa shape index (κ1) is 16.8. The Bertz CT molecular complexity index is 420. The molecular weight excluding hydrogens is 276 g/mol. The van der Waals surface area contributed by atoms with Gasteiger partial charge in [0.15, 0.2) is 0 Å². The number of para-hydroxylation sites is 2. The van der Waals surface area contributed by atoms with Crippen LogP contribution in [0.25, 0.3) is 0 Å². The highest BCUT2D eigenvalue weighted by atomic mass is 35.5. The van der Waals surface area contributed by atoms with E-state index in [0.717, 1.165) is 24.3 Å². The van der Waals surface area contributed by atoms with Crippen LogP contribution in [0.1, 0.15) is 38.5 Å². The number of carbonyl (C=O) groups is 1. The van der Waals surface area contributed by atoms with Crippen LogP contribution < -0.4 is 15.8 Å². The number of halogens is 1. The molecule has 1 fully saturated rings. The first-order valence-corrected chi connectivity index (χ1v) is 7.05. The molecule has 5 heteroatoms. The predicted molar refractivity (Wildman–Crippen MR) is 83.5 cm³/mol. The van der Waals surface area contributed by atoms with Crippen LogP contribution >= 0.6 is 12.4 Å². The minimum atomic E-state index is -0.00655. The van der Waals surface area contributed by atoms with Gasteiger partial charge in [0.1, 0.15) is 5.75 Å². The molecule has 0 aliphatic heterocycles. The molecule has 1 aliphatic carbocycles. The van der Waals surface area contributed by atoms with Crippen LogP contribution in [0.3, 0.4) is 0 Å². The van der Waals surface area contributed by atoms with Crippen molar-refractivity contribution in [3.8, 4) is 5.75 Å². The fourth-order valence-corrected chi connectivity index (χ4v) is 2.33. The molecule has 0 aromatic heterocycles. The third kappa shape index (κ3) is 5.02. The Balaban J connectivity index is 0.00000200. The van der Waals surface area contributed by atoms with E-state index >= 15 is 0 Å². The highest BCUT2D eigenvalue weighted by Crippen LogP contribution is 2.29. The van der Waals surface area contributed by atoms with Gasteiger partial charge in [-0.3, -0.25) is 4.79 Å². The van der Waals surface area contributed by atoms with E-state index in [1.54, 1.807) is 0 Å². The zero-order valence-corrected chi connectivity index (χ0v) is 12.5. The Morgan fingerprint density at radius 3 is 2.70 bits per heavy atom. The molecule has 0 bridgehead atoms.